The highest BCUT2D eigenvalue weighted by Crippen LogP contribution is 2.26. The van der Waals surface area contributed by atoms with Gasteiger partial charge in [0.1, 0.15) is 5.82 Å². The molecule has 0 fully saturated rings. The van der Waals surface area contributed by atoms with E-state index < -0.39 is 0 Å². The minimum absolute atomic E-state index is 0.105. The van der Waals surface area contributed by atoms with Crippen LogP contribution in [0, 0.1) is 17.0 Å². The molecule has 2 aromatic rings. The van der Waals surface area contributed by atoms with E-state index in [0.717, 1.165) is 18.5 Å². The Kier molecular flexibility index (Phi) is 4.34. The van der Waals surface area contributed by atoms with Crippen LogP contribution in [0.4, 0.5) is 5.69 Å². The fourth-order valence-electron chi connectivity index (χ4n) is 2.11. The number of aromatic nitrogens is 3. The van der Waals surface area contributed by atoms with Gasteiger partial charge >= 0.3 is 0 Å². The lowest BCUT2D eigenvalue weighted by Crippen LogP contribution is -2.04. The number of nitro benzene ring substituents is 1. The SMILES string of the molecule is CCCn1c(CCl)nnc1-c1ccc([N+](=O)[O-])c(C)c1. The van der Waals surface area contributed by atoms with Crippen LogP contribution in [-0.4, -0.2) is 19.7 Å². The quantitative estimate of drug-likeness (QED) is 0.482. The number of benzene rings is 1. The van der Waals surface area contributed by atoms with Gasteiger partial charge < -0.3 is 4.57 Å². The van der Waals surface area contributed by atoms with Gasteiger partial charge in [0.15, 0.2) is 5.82 Å². The molecule has 0 aliphatic rings. The second kappa shape index (κ2) is 6.00. The predicted octanol–water partition coefficient (Wildman–Crippen LogP) is 3.31. The fraction of sp³-hybridized carbons (Fsp3) is 0.385. The Labute approximate surface area is 121 Å². The van der Waals surface area contributed by atoms with Gasteiger partial charge in [-0.15, -0.1) is 21.8 Å². The smallest absolute Gasteiger partial charge is 0.272 e. The highest BCUT2D eigenvalue weighted by Gasteiger charge is 2.16. The summed E-state index contributed by atoms with van der Waals surface area (Å²) < 4.78 is 1.95. The minimum atomic E-state index is -0.389. The third kappa shape index (κ3) is 2.65. The van der Waals surface area contributed by atoms with Crippen LogP contribution < -0.4 is 0 Å². The average Bonchev–Trinajstić information content (AvgIpc) is 2.81. The van der Waals surface area contributed by atoms with Crippen LogP contribution in [0.2, 0.25) is 0 Å². The number of hydrogen-bond donors (Lipinski definition) is 0. The predicted molar refractivity (Wildman–Crippen MR) is 76.7 cm³/mol. The largest absolute Gasteiger partial charge is 0.310 e. The second-order valence-electron chi connectivity index (χ2n) is 4.48. The minimum Gasteiger partial charge on any atom is -0.310 e. The molecular weight excluding hydrogens is 280 g/mol. The van der Waals surface area contributed by atoms with Crippen molar-refractivity contribution in [1.82, 2.24) is 14.8 Å². The van der Waals surface area contributed by atoms with Crippen molar-refractivity contribution in [2.75, 3.05) is 0 Å². The molecule has 2 rings (SSSR count). The molecule has 0 aliphatic carbocycles. The Balaban J connectivity index is 2.49. The van der Waals surface area contributed by atoms with Crippen molar-refractivity contribution in [2.24, 2.45) is 0 Å². The molecule has 0 unspecified atom stereocenters. The van der Waals surface area contributed by atoms with Gasteiger partial charge in [-0.1, -0.05) is 6.92 Å². The zero-order valence-electron chi connectivity index (χ0n) is 11.3. The zero-order chi connectivity index (χ0) is 14.7. The molecule has 1 aromatic carbocycles. The van der Waals surface area contributed by atoms with Crippen molar-refractivity contribution in [3.8, 4) is 11.4 Å². The van der Waals surface area contributed by atoms with Crippen molar-refractivity contribution in [3.05, 3.63) is 39.7 Å². The lowest BCUT2D eigenvalue weighted by molar-refractivity contribution is -0.385. The monoisotopic (exact) mass is 294 g/mol. The van der Waals surface area contributed by atoms with Gasteiger partial charge in [0.2, 0.25) is 0 Å². The van der Waals surface area contributed by atoms with Crippen molar-refractivity contribution < 1.29 is 4.92 Å². The second-order valence-corrected chi connectivity index (χ2v) is 4.75. The van der Waals surface area contributed by atoms with E-state index >= 15 is 0 Å². The van der Waals surface area contributed by atoms with E-state index in [0.29, 0.717) is 23.1 Å². The number of aryl methyl sites for hydroxylation is 1. The number of rotatable bonds is 5. The molecule has 0 aliphatic heterocycles. The summed E-state index contributed by atoms with van der Waals surface area (Å²) in [5.41, 5.74) is 1.52. The van der Waals surface area contributed by atoms with E-state index in [4.69, 9.17) is 11.6 Å². The summed E-state index contributed by atoms with van der Waals surface area (Å²) in [5, 5.41) is 19.1. The molecule has 0 spiro atoms. The van der Waals surface area contributed by atoms with Gasteiger partial charge in [-0.05, 0) is 25.5 Å². The summed E-state index contributed by atoms with van der Waals surface area (Å²) in [5.74, 6) is 1.69. The van der Waals surface area contributed by atoms with E-state index in [2.05, 4.69) is 17.1 Å². The number of nitro groups is 1. The lowest BCUT2D eigenvalue weighted by Gasteiger charge is -2.08. The number of nitrogens with zero attached hydrogens (tertiary/aromatic N) is 4. The maximum atomic E-state index is 10.8. The van der Waals surface area contributed by atoms with Gasteiger partial charge in [-0.2, -0.15) is 0 Å². The van der Waals surface area contributed by atoms with Crippen molar-refractivity contribution in [2.45, 2.75) is 32.7 Å². The maximum absolute atomic E-state index is 10.8. The normalized spacial score (nSPS) is 10.8. The molecule has 0 saturated heterocycles. The summed E-state index contributed by atoms with van der Waals surface area (Å²) in [6.07, 6.45) is 0.931. The molecule has 0 bridgehead atoms. The molecule has 0 radical (unpaired) electrons. The molecule has 1 heterocycles. The Morgan fingerprint density at radius 1 is 1.40 bits per heavy atom. The number of hydrogen-bond acceptors (Lipinski definition) is 4. The summed E-state index contributed by atoms with van der Waals surface area (Å²) in [7, 11) is 0. The molecule has 0 saturated carbocycles. The standard InChI is InChI=1S/C13H15ClN4O2/c1-3-6-17-12(8-14)15-16-13(17)10-4-5-11(18(19)20)9(2)7-10/h4-5,7H,3,6,8H2,1-2H3. The Hall–Kier alpha value is -1.95. The Morgan fingerprint density at radius 3 is 2.70 bits per heavy atom. The van der Waals surface area contributed by atoms with Crippen LogP contribution in [0.3, 0.4) is 0 Å². The first-order chi connectivity index (χ1) is 9.58. The highest BCUT2D eigenvalue weighted by atomic mass is 35.5. The van der Waals surface area contributed by atoms with Crippen LogP contribution in [0.1, 0.15) is 24.7 Å². The molecule has 6 nitrogen and oxygen atoms in total. The maximum Gasteiger partial charge on any atom is 0.272 e. The van der Waals surface area contributed by atoms with Gasteiger partial charge in [0, 0.05) is 23.7 Å². The van der Waals surface area contributed by atoms with Crippen molar-refractivity contribution in [1.29, 1.82) is 0 Å². The molecular formula is C13H15ClN4O2. The van der Waals surface area contributed by atoms with Gasteiger partial charge in [0.05, 0.1) is 10.8 Å². The average molecular weight is 295 g/mol. The first-order valence-electron chi connectivity index (χ1n) is 6.32. The molecule has 0 atom stereocenters. The highest BCUT2D eigenvalue weighted by molar-refractivity contribution is 6.16. The molecule has 1 aromatic heterocycles. The molecule has 106 valence electrons. The summed E-state index contributed by atoms with van der Waals surface area (Å²) in [6.45, 7) is 4.54. The molecule has 7 heteroatoms. The lowest BCUT2D eigenvalue weighted by atomic mass is 10.1. The first-order valence-corrected chi connectivity index (χ1v) is 6.85. The van der Waals surface area contributed by atoms with Crippen LogP contribution >= 0.6 is 11.6 Å². The Morgan fingerprint density at radius 2 is 2.15 bits per heavy atom. The summed E-state index contributed by atoms with van der Waals surface area (Å²) >= 11 is 5.85. The van der Waals surface area contributed by atoms with Crippen LogP contribution in [0.25, 0.3) is 11.4 Å². The van der Waals surface area contributed by atoms with Gasteiger partial charge in [0.25, 0.3) is 5.69 Å². The van der Waals surface area contributed by atoms with Crippen LogP contribution in [0.15, 0.2) is 18.2 Å². The van der Waals surface area contributed by atoms with E-state index in [-0.39, 0.29) is 10.6 Å². The topological polar surface area (TPSA) is 73.8 Å². The van der Waals surface area contributed by atoms with Crippen molar-refractivity contribution in [3.63, 3.8) is 0 Å². The number of halogens is 1. The van der Waals surface area contributed by atoms with Crippen LogP contribution in [-0.2, 0) is 12.4 Å². The first kappa shape index (κ1) is 14.5. The zero-order valence-corrected chi connectivity index (χ0v) is 12.1. The third-order valence-electron chi connectivity index (χ3n) is 3.05. The van der Waals surface area contributed by atoms with Crippen molar-refractivity contribution >= 4 is 17.3 Å². The Bertz CT molecular complexity index is 639. The van der Waals surface area contributed by atoms with Gasteiger partial charge in [-0.25, -0.2) is 0 Å². The fourth-order valence-corrected chi connectivity index (χ4v) is 2.30. The number of alkyl halides is 1. The van der Waals surface area contributed by atoms with Gasteiger partial charge in [-0.3, -0.25) is 10.1 Å². The van der Waals surface area contributed by atoms with Crippen LogP contribution in [0.5, 0.6) is 0 Å². The van der Waals surface area contributed by atoms with E-state index in [1.807, 2.05) is 4.57 Å². The van der Waals surface area contributed by atoms with E-state index in [1.165, 1.54) is 6.07 Å². The summed E-state index contributed by atoms with van der Waals surface area (Å²) in [4.78, 5) is 10.5. The molecule has 0 amide bonds. The van der Waals surface area contributed by atoms with E-state index in [1.54, 1.807) is 19.1 Å². The third-order valence-corrected chi connectivity index (χ3v) is 3.28. The molecule has 20 heavy (non-hydrogen) atoms. The van der Waals surface area contributed by atoms with E-state index in [9.17, 15) is 10.1 Å². The molecule has 0 N–H and O–H groups in total. The summed E-state index contributed by atoms with van der Waals surface area (Å²) in [6, 6.07) is 4.95.